The van der Waals surface area contributed by atoms with E-state index in [4.69, 9.17) is 9.47 Å². The molecule has 132 valence electrons. The lowest BCUT2D eigenvalue weighted by molar-refractivity contribution is -0.000910. The molecule has 2 atom stereocenters. The molecule has 1 aromatic rings. The van der Waals surface area contributed by atoms with E-state index >= 15 is 0 Å². The number of sulfonamides is 1. The highest BCUT2D eigenvalue weighted by atomic mass is 32.2. The van der Waals surface area contributed by atoms with Crippen LogP contribution < -0.4 is 9.47 Å². The molecule has 0 amide bonds. The Balaban J connectivity index is 1.62. The second-order valence-corrected chi connectivity index (χ2v) is 9.06. The van der Waals surface area contributed by atoms with Crippen LogP contribution in [0.1, 0.15) is 26.2 Å². The highest BCUT2D eigenvalue weighted by molar-refractivity contribution is 7.89. The molecule has 2 heterocycles. The van der Waals surface area contributed by atoms with Crippen LogP contribution in [0.5, 0.6) is 11.5 Å². The summed E-state index contributed by atoms with van der Waals surface area (Å²) in [6.07, 6.45) is 2.74. The maximum Gasteiger partial charge on any atom is 0.243 e. The number of benzene rings is 1. The molecule has 7 heteroatoms. The van der Waals surface area contributed by atoms with Crippen LogP contribution in [0.2, 0.25) is 0 Å². The average molecular weight is 353 g/mol. The minimum atomic E-state index is -3.66. The van der Waals surface area contributed by atoms with Gasteiger partial charge in [-0.25, -0.2) is 8.42 Å². The quantitative estimate of drug-likeness (QED) is 0.894. The molecule has 2 aliphatic heterocycles. The van der Waals surface area contributed by atoms with E-state index in [1.165, 1.54) is 10.4 Å². The smallest absolute Gasteiger partial charge is 0.243 e. The van der Waals surface area contributed by atoms with Gasteiger partial charge in [-0.15, -0.1) is 0 Å². The van der Waals surface area contributed by atoms with Crippen molar-refractivity contribution < 1.29 is 23.0 Å². The monoisotopic (exact) mass is 353 g/mol. The largest absolute Gasteiger partial charge is 0.490 e. The lowest BCUT2D eigenvalue weighted by Gasteiger charge is -2.26. The lowest BCUT2D eigenvalue weighted by atomic mass is 9.88. The second kappa shape index (κ2) is 5.61. The first-order valence-corrected chi connectivity index (χ1v) is 9.97. The first-order chi connectivity index (χ1) is 11.4. The Bertz CT molecular complexity index is 745. The van der Waals surface area contributed by atoms with E-state index in [2.05, 4.69) is 0 Å². The average Bonchev–Trinajstić information content (AvgIpc) is 3.37. The Morgan fingerprint density at radius 3 is 2.62 bits per heavy atom. The number of β-amino-alcohol motifs (C(OH)–C–C–N with tert-alkyl or cyclic N) is 1. The number of hydrogen-bond donors (Lipinski definition) is 1. The topological polar surface area (TPSA) is 76.1 Å². The van der Waals surface area contributed by atoms with Gasteiger partial charge in [-0.3, -0.25) is 0 Å². The zero-order valence-corrected chi connectivity index (χ0v) is 14.6. The maximum atomic E-state index is 13.0. The second-order valence-electron chi connectivity index (χ2n) is 7.12. The standard InChI is InChI=1S/C17H23NO5S/c1-12-10-18(11-17(12,19)13-3-4-13)24(20,21)14-5-6-15-16(9-14)23-8-2-7-22-15/h5-6,9,12-13,19H,2-4,7-8,10-11H2,1H3/t12-,17+/m0/s1. The molecule has 1 saturated heterocycles. The molecule has 4 rings (SSSR count). The molecule has 0 bridgehead atoms. The van der Waals surface area contributed by atoms with Crippen molar-refractivity contribution in [2.24, 2.45) is 11.8 Å². The van der Waals surface area contributed by atoms with Crippen LogP contribution in [0.4, 0.5) is 0 Å². The summed E-state index contributed by atoms with van der Waals surface area (Å²) in [4.78, 5) is 0.194. The van der Waals surface area contributed by atoms with E-state index in [0.717, 1.165) is 19.3 Å². The van der Waals surface area contributed by atoms with Crippen molar-refractivity contribution in [3.8, 4) is 11.5 Å². The molecule has 0 aromatic heterocycles. The number of aliphatic hydroxyl groups is 1. The van der Waals surface area contributed by atoms with Gasteiger partial charge in [0, 0.05) is 31.5 Å². The molecule has 1 saturated carbocycles. The van der Waals surface area contributed by atoms with E-state index < -0.39 is 15.6 Å². The molecule has 1 aliphatic carbocycles. The Labute approximate surface area is 142 Å². The van der Waals surface area contributed by atoms with Gasteiger partial charge in [-0.1, -0.05) is 6.92 Å². The molecule has 6 nitrogen and oxygen atoms in total. The first-order valence-electron chi connectivity index (χ1n) is 8.53. The fourth-order valence-corrected chi connectivity index (χ4v) is 5.31. The van der Waals surface area contributed by atoms with Gasteiger partial charge in [0.2, 0.25) is 10.0 Å². The van der Waals surface area contributed by atoms with Gasteiger partial charge in [0.15, 0.2) is 11.5 Å². The molecule has 1 N–H and O–H groups in total. The SMILES string of the molecule is C[C@H]1CN(S(=O)(=O)c2ccc3c(c2)OCCCO3)C[C@]1(O)C1CC1. The molecule has 3 aliphatic rings. The van der Waals surface area contributed by atoms with Crippen LogP contribution >= 0.6 is 0 Å². The van der Waals surface area contributed by atoms with Crippen molar-refractivity contribution in [3.63, 3.8) is 0 Å². The first kappa shape index (κ1) is 16.2. The molecular formula is C17H23NO5S. The van der Waals surface area contributed by atoms with E-state index in [1.807, 2.05) is 6.92 Å². The summed E-state index contributed by atoms with van der Waals surface area (Å²) in [6.45, 7) is 3.54. The maximum absolute atomic E-state index is 13.0. The molecule has 2 fully saturated rings. The van der Waals surface area contributed by atoms with Gasteiger partial charge in [-0.2, -0.15) is 4.31 Å². The minimum Gasteiger partial charge on any atom is -0.490 e. The number of ether oxygens (including phenoxy) is 2. The van der Waals surface area contributed by atoms with E-state index in [9.17, 15) is 13.5 Å². The van der Waals surface area contributed by atoms with Crippen molar-refractivity contribution in [2.45, 2.75) is 36.7 Å². The summed E-state index contributed by atoms with van der Waals surface area (Å²) in [7, 11) is -3.66. The van der Waals surface area contributed by atoms with Gasteiger partial charge in [0.1, 0.15) is 0 Å². The minimum absolute atomic E-state index is 0.0554. The Kier molecular flexibility index (Phi) is 3.78. The third-order valence-corrected chi connectivity index (χ3v) is 7.21. The third-order valence-electron chi connectivity index (χ3n) is 5.40. The summed E-state index contributed by atoms with van der Waals surface area (Å²) in [5.74, 6) is 1.23. The fourth-order valence-electron chi connectivity index (χ4n) is 3.72. The highest BCUT2D eigenvalue weighted by Gasteiger charge is 2.54. The van der Waals surface area contributed by atoms with Crippen LogP contribution in [0.15, 0.2) is 23.1 Å². The fraction of sp³-hybridized carbons (Fsp3) is 0.647. The van der Waals surface area contributed by atoms with Gasteiger partial charge in [0.25, 0.3) is 0 Å². The predicted molar refractivity (Wildman–Crippen MR) is 87.6 cm³/mol. The zero-order chi connectivity index (χ0) is 16.9. The molecule has 0 radical (unpaired) electrons. The van der Waals surface area contributed by atoms with Gasteiger partial charge < -0.3 is 14.6 Å². The highest BCUT2D eigenvalue weighted by Crippen LogP contribution is 2.48. The summed E-state index contributed by atoms with van der Waals surface area (Å²) >= 11 is 0. The van der Waals surface area contributed by atoms with Crippen molar-refractivity contribution >= 4 is 10.0 Å². The Morgan fingerprint density at radius 2 is 1.92 bits per heavy atom. The normalized spacial score (nSPS) is 31.0. The molecule has 0 unspecified atom stereocenters. The molecule has 1 aromatic carbocycles. The van der Waals surface area contributed by atoms with E-state index in [1.54, 1.807) is 12.1 Å². The van der Waals surface area contributed by atoms with Crippen LogP contribution in [-0.2, 0) is 10.0 Å². The number of nitrogens with zero attached hydrogens (tertiary/aromatic N) is 1. The number of fused-ring (bicyclic) bond motifs is 1. The van der Waals surface area contributed by atoms with E-state index in [0.29, 0.717) is 31.3 Å². The van der Waals surface area contributed by atoms with Crippen LogP contribution in [0, 0.1) is 11.8 Å². The Hall–Kier alpha value is -1.31. The summed E-state index contributed by atoms with van der Waals surface area (Å²) in [5.41, 5.74) is -0.891. The Morgan fingerprint density at radius 1 is 1.21 bits per heavy atom. The number of hydrogen-bond acceptors (Lipinski definition) is 5. The molecular weight excluding hydrogens is 330 g/mol. The van der Waals surface area contributed by atoms with E-state index in [-0.39, 0.29) is 23.3 Å². The van der Waals surface area contributed by atoms with Gasteiger partial charge >= 0.3 is 0 Å². The summed E-state index contributed by atoms with van der Waals surface area (Å²) in [5, 5.41) is 10.9. The summed E-state index contributed by atoms with van der Waals surface area (Å²) in [6, 6.07) is 4.75. The third kappa shape index (κ3) is 2.59. The van der Waals surface area contributed by atoms with Crippen molar-refractivity contribution in [2.75, 3.05) is 26.3 Å². The lowest BCUT2D eigenvalue weighted by Crippen LogP contribution is -2.40. The zero-order valence-electron chi connectivity index (χ0n) is 13.8. The van der Waals surface area contributed by atoms with Crippen molar-refractivity contribution in [3.05, 3.63) is 18.2 Å². The van der Waals surface area contributed by atoms with Crippen LogP contribution in [0.3, 0.4) is 0 Å². The van der Waals surface area contributed by atoms with Crippen molar-refractivity contribution in [1.82, 2.24) is 4.31 Å². The predicted octanol–water partition coefficient (Wildman–Crippen LogP) is 1.63. The van der Waals surface area contributed by atoms with Gasteiger partial charge in [-0.05, 0) is 30.9 Å². The number of rotatable bonds is 3. The van der Waals surface area contributed by atoms with Crippen molar-refractivity contribution in [1.29, 1.82) is 0 Å². The molecule has 0 spiro atoms. The molecule has 24 heavy (non-hydrogen) atoms. The van der Waals surface area contributed by atoms with Crippen LogP contribution in [0.25, 0.3) is 0 Å². The van der Waals surface area contributed by atoms with Gasteiger partial charge in [0.05, 0.1) is 23.7 Å². The van der Waals surface area contributed by atoms with Crippen LogP contribution in [-0.4, -0.2) is 49.7 Å². The summed E-state index contributed by atoms with van der Waals surface area (Å²) < 4.78 is 38.6.